The molecule has 1 aliphatic heterocycles. The third-order valence-electron chi connectivity index (χ3n) is 5.30. The molecular formula is C26H27N3O2S2. The Bertz CT molecular complexity index is 1200. The Morgan fingerprint density at radius 3 is 2.61 bits per heavy atom. The number of ether oxygens (including phenoxy) is 1. The van der Waals surface area contributed by atoms with Crippen LogP contribution in [0.2, 0.25) is 0 Å². The molecule has 33 heavy (non-hydrogen) atoms. The Morgan fingerprint density at radius 2 is 1.91 bits per heavy atom. The molecule has 7 heteroatoms. The molecule has 0 aliphatic carbocycles. The van der Waals surface area contributed by atoms with E-state index in [1.165, 1.54) is 11.8 Å². The Hall–Kier alpha value is -2.90. The second kappa shape index (κ2) is 10.4. The van der Waals surface area contributed by atoms with E-state index in [1.807, 2.05) is 72.4 Å². The number of hydrogen-bond acceptors (Lipinski definition) is 5. The van der Waals surface area contributed by atoms with Gasteiger partial charge < -0.3 is 4.74 Å². The summed E-state index contributed by atoms with van der Waals surface area (Å²) in [5.74, 6) is 0.813. The molecule has 1 aromatic heterocycles. The summed E-state index contributed by atoms with van der Waals surface area (Å²) in [6.45, 7) is 7.51. The van der Waals surface area contributed by atoms with Crippen LogP contribution in [0, 0.1) is 6.92 Å². The summed E-state index contributed by atoms with van der Waals surface area (Å²) in [5, 5.41) is 4.91. The summed E-state index contributed by atoms with van der Waals surface area (Å²) in [6.07, 6.45) is 5.71. The summed E-state index contributed by atoms with van der Waals surface area (Å²) in [6, 6.07) is 16.0. The van der Waals surface area contributed by atoms with Crippen LogP contribution in [0.15, 0.2) is 59.6 Å². The van der Waals surface area contributed by atoms with Gasteiger partial charge in [0.2, 0.25) is 0 Å². The topological polar surface area (TPSA) is 47.4 Å². The number of para-hydroxylation sites is 1. The maximum absolute atomic E-state index is 13.0. The van der Waals surface area contributed by atoms with Gasteiger partial charge in [0.1, 0.15) is 15.8 Å². The Labute approximate surface area is 204 Å². The van der Waals surface area contributed by atoms with Crippen molar-refractivity contribution in [3.05, 3.63) is 70.8 Å². The monoisotopic (exact) mass is 477 g/mol. The maximum Gasteiger partial charge on any atom is 0.266 e. The molecule has 0 spiro atoms. The molecule has 5 nitrogen and oxygen atoms in total. The summed E-state index contributed by atoms with van der Waals surface area (Å²) >= 11 is 6.80. The minimum Gasteiger partial charge on any atom is -0.494 e. The van der Waals surface area contributed by atoms with Gasteiger partial charge in [-0.3, -0.25) is 9.69 Å². The molecule has 1 amide bonds. The van der Waals surface area contributed by atoms with Crippen LogP contribution in [-0.4, -0.2) is 38.1 Å². The molecule has 4 rings (SSSR count). The molecule has 0 radical (unpaired) electrons. The van der Waals surface area contributed by atoms with Crippen LogP contribution in [0.3, 0.4) is 0 Å². The lowest BCUT2D eigenvalue weighted by molar-refractivity contribution is -0.122. The normalized spacial score (nSPS) is 15.0. The van der Waals surface area contributed by atoms with Crippen molar-refractivity contribution in [2.45, 2.75) is 33.6 Å². The van der Waals surface area contributed by atoms with Crippen molar-refractivity contribution >= 4 is 40.3 Å². The fourth-order valence-corrected chi connectivity index (χ4v) is 4.98. The van der Waals surface area contributed by atoms with Gasteiger partial charge in [-0.25, -0.2) is 4.68 Å². The van der Waals surface area contributed by atoms with Gasteiger partial charge in [-0.15, -0.1) is 0 Å². The number of thiocarbonyl (C=S) groups is 1. The van der Waals surface area contributed by atoms with Gasteiger partial charge in [0.05, 0.1) is 17.2 Å². The Morgan fingerprint density at radius 1 is 1.12 bits per heavy atom. The van der Waals surface area contributed by atoms with E-state index < -0.39 is 0 Å². The predicted molar refractivity (Wildman–Crippen MR) is 140 cm³/mol. The highest BCUT2D eigenvalue weighted by atomic mass is 32.2. The second-order valence-electron chi connectivity index (χ2n) is 7.87. The molecule has 0 bridgehead atoms. The fraction of sp³-hybridized carbons (Fsp3) is 0.269. The average molecular weight is 478 g/mol. The Kier molecular flexibility index (Phi) is 7.30. The molecular weight excluding hydrogens is 450 g/mol. The van der Waals surface area contributed by atoms with Gasteiger partial charge in [0, 0.05) is 23.9 Å². The zero-order valence-corrected chi connectivity index (χ0v) is 20.7. The first-order chi connectivity index (χ1) is 16.0. The van der Waals surface area contributed by atoms with Gasteiger partial charge in [0.25, 0.3) is 5.91 Å². The van der Waals surface area contributed by atoms with Crippen LogP contribution in [0.5, 0.6) is 5.75 Å². The smallest absolute Gasteiger partial charge is 0.266 e. The van der Waals surface area contributed by atoms with Crippen molar-refractivity contribution < 1.29 is 9.53 Å². The first kappa shape index (κ1) is 23.3. The number of aryl methyl sites for hydroxylation is 1. The maximum atomic E-state index is 13.0. The molecule has 0 N–H and O–H groups in total. The van der Waals surface area contributed by atoms with Crippen molar-refractivity contribution in [1.82, 2.24) is 14.7 Å². The van der Waals surface area contributed by atoms with E-state index in [0.29, 0.717) is 22.4 Å². The lowest BCUT2D eigenvalue weighted by Crippen LogP contribution is -2.28. The number of carbonyl (C=O) groups is 1. The molecule has 0 atom stereocenters. The molecule has 0 unspecified atom stereocenters. The first-order valence-electron chi connectivity index (χ1n) is 11.2. The third-order valence-corrected chi connectivity index (χ3v) is 6.67. The number of rotatable bonds is 8. The number of amides is 1. The molecule has 2 aromatic carbocycles. The van der Waals surface area contributed by atoms with E-state index in [2.05, 4.69) is 13.8 Å². The second-order valence-corrected chi connectivity index (χ2v) is 9.55. The van der Waals surface area contributed by atoms with E-state index in [0.717, 1.165) is 46.7 Å². The van der Waals surface area contributed by atoms with Crippen molar-refractivity contribution in [3.8, 4) is 22.7 Å². The van der Waals surface area contributed by atoms with E-state index in [9.17, 15) is 4.79 Å². The zero-order valence-electron chi connectivity index (χ0n) is 19.1. The Balaban J connectivity index is 1.78. The van der Waals surface area contributed by atoms with Gasteiger partial charge in [-0.2, -0.15) is 5.10 Å². The molecule has 1 saturated heterocycles. The van der Waals surface area contributed by atoms with E-state index >= 15 is 0 Å². The number of nitrogens with zero attached hydrogens (tertiary/aromatic N) is 3. The molecule has 1 aliphatic rings. The summed E-state index contributed by atoms with van der Waals surface area (Å²) < 4.78 is 8.26. The molecule has 1 fully saturated rings. The highest BCUT2D eigenvalue weighted by Gasteiger charge is 2.31. The van der Waals surface area contributed by atoms with Gasteiger partial charge in [-0.1, -0.05) is 56.0 Å². The van der Waals surface area contributed by atoms with E-state index in [1.54, 1.807) is 4.90 Å². The SMILES string of the molecule is CCCOc1ccc(-c2nn(-c3ccccc3)cc2C=C2SC(=S)N(CCC)C2=O)c(C)c1. The number of benzene rings is 2. The summed E-state index contributed by atoms with van der Waals surface area (Å²) in [5.41, 5.74) is 4.72. The van der Waals surface area contributed by atoms with Crippen LogP contribution in [-0.2, 0) is 4.79 Å². The van der Waals surface area contributed by atoms with Crippen molar-refractivity contribution in [2.24, 2.45) is 0 Å². The lowest BCUT2D eigenvalue weighted by atomic mass is 10.0. The number of aromatic nitrogens is 2. The standard InChI is InChI=1S/C26H27N3O2S2/c1-4-13-28-25(30)23(33-26(28)32)16-19-17-29(20-9-7-6-8-10-20)27-24(19)22-12-11-21(15-18(22)3)31-14-5-2/h6-12,15-17H,4-5,13-14H2,1-3H3. The quantitative estimate of drug-likeness (QED) is 0.284. The average Bonchev–Trinajstić information content (AvgIpc) is 3.35. The minimum absolute atomic E-state index is 0.0368. The predicted octanol–water partition coefficient (Wildman–Crippen LogP) is 6.25. The lowest BCUT2D eigenvalue weighted by Gasteiger charge is -2.12. The minimum atomic E-state index is -0.0368. The number of carbonyl (C=O) groups excluding carboxylic acids is 1. The largest absolute Gasteiger partial charge is 0.494 e. The van der Waals surface area contributed by atoms with Crippen molar-refractivity contribution in [2.75, 3.05) is 13.2 Å². The highest BCUT2D eigenvalue weighted by molar-refractivity contribution is 8.26. The fourth-order valence-electron chi connectivity index (χ4n) is 3.68. The molecule has 3 aromatic rings. The van der Waals surface area contributed by atoms with Crippen molar-refractivity contribution in [3.63, 3.8) is 0 Å². The first-order valence-corrected chi connectivity index (χ1v) is 12.4. The highest BCUT2D eigenvalue weighted by Crippen LogP contribution is 2.36. The van der Waals surface area contributed by atoms with Crippen LogP contribution in [0.4, 0.5) is 0 Å². The molecule has 170 valence electrons. The van der Waals surface area contributed by atoms with Crippen LogP contribution in [0.25, 0.3) is 23.0 Å². The van der Waals surface area contributed by atoms with E-state index in [4.69, 9.17) is 22.1 Å². The molecule has 0 saturated carbocycles. The van der Waals surface area contributed by atoms with Crippen LogP contribution in [0.1, 0.15) is 37.8 Å². The van der Waals surface area contributed by atoms with Gasteiger partial charge in [-0.05, 0) is 61.7 Å². The van der Waals surface area contributed by atoms with Crippen LogP contribution < -0.4 is 4.74 Å². The zero-order chi connectivity index (χ0) is 23.4. The number of thioether (sulfide) groups is 1. The third kappa shape index (κ3) is 5.04. The van der Waals surface area contributed by atoms with Crippen molar-refractivity contribution in [1.29, 1.82) is 0 Å². The summed E-state index contributed by atoms with van der Waals surface area (Å²) in [7, 11) is 0. The van der Waals surface area contributed by atoms with Crippen LogP contribution >= 0.6 is 24.0 Å². The molecule has 2 heterocycles. The number of hydrogen-bond donors (Lipinski definition) is 0. The van der Waals surface area contributed by atoms with Gasteiger partial charge in [0.15, 0.2) is 0 Å². The van der Waals surface area contributed by atoms with E-state index in [-0.39, 0.29) is 5.91 Å². The summed E-state index contributed by atoms with van der Waals surface area (Å²) in [4.78, 5) is 15.3. The van der Waals surface area contributed by atoms with Gasteiger partial charge >= 0.3 is 0 Å².